The number of aromatic nitrogens is 2. The monoisotopic (exact) mass is 562 g/mol. The van der Waals surface area contributed by atoms with Gasteiger partial charge >= 0.3 is 0 Å². The van der Waals surface area contributed by atoms with Gasteiger partial charge in [0.2, 0.25) is 0 Å². The van der Waals surface area contributed by atoms with Crippen molar-refractivity contribution in [1.82, 2.24) is 14.9 Å². The fourth-order valence-electron chi connectivity index (χ4n) is 4.37. The molecule has 1 aromatic rings. The van der Waals surface area contributed by atoms with Crippen LogP contribution in [0.1, 0.15) is 79.3 Å². The minimum atomic E-state index is -1.34. The molecule has 1 unspecified atom stereocenters. The molecule has 0 fully saturated rings. The van der Waals surface area contributed by atoms with E-state index in [1.165, 1.54) is 5.57 Å². The van der Waals surface area contributed by atoms with Gasteiger partial charge in [-0.3, -0.25) is 4.99 Å². The van der Waals surface area contributed by atoms with E-state index in [2.05, 4.69) is 64.9 Å². The van der Waals surface area contributed by atoms with Gasteiger partial charge in [0.1, 0.15) is 23.0 Å². The summed E-state index contributed by atoms with van der Waals surface area (Å²) in [4.78, 5) is 9.33. The second-order valence-corrected chi connectivity index (χ2v) is 11.1. The Kier molecular flexibility index (Phi) is 13.6. The maximum absolute atomic E-state index is 14.3. The summed E-state index contributed by atoms with van der Waals surface area (Å²) in [6.07, 6.45) is 23.3. The summed E-state index contributed by atoms with van der Waals surface area (Å²) < 4.78 is 16.4. The third kappa shape index (κ3) is 11.4. The zero-order valence-corrected chi connectivity index (χ0v) is 26.2. The van der Waals surface area contributed by atoms with Gasteiger partial charge in [-0.15, -0.1) is 0 Å². The van der Waals surface area contributed by atoms with Gasteiger partial charge in [0.25, 0.3) is 0 Å². The summed E-state index contributed by atoms with van der Waals surface area (Å²) in [7, 11) is 1.89. The number of amidine groups is 1. The minimum Gasteiger partial charge on any atom is -0.385 e. The second-order valence-electron chi connectivity index (χ2n) is 11.1. The van der Waals surface area contributed by atoms with Crippen molar-refractivity contribution in [2.75, 3.05) is 18.9 Å². The van der Waals surface area contributed by atoms with Crippen LogP contribution in [0.3, 0.4) is 0 Å². The Morgan fingerprint density at radius 2 is 2.07 bits per heavy atom. The number of allylic oxidation sites excluding steroid dienone is 9. The fourth-order valence-corrected chi connectivity index (χ4v) is 4.37. The Labute approximate surface area is 247 Å². The van der Waals surface area contributed by atoms with E-state index in [1.807, 2.05) is 51.5 Å². The molecule has 1 aliphatic carbocycles. The first-order valence-corrected chi connectivity index (χ1v) is 14.7. The van der Waals surface area contributed by atoms with E-state index < -0.39 is 5.67 Å². The lowest BCUT2D eigenvalue weighted by Crippen LogP contribution is -2.20. The summed E-state index contributed by atoms with van der Waals surface area (Å²) in [5, 5.41) is 6.67. The van der Waals surface area contributed by atoms with Crippen LogP contribution >= 0.6 is 0 Å². The highest BCUT2D eigenvalue weighted by molar-refractivity contribution is 6.00. The lowest BCUT2D eigenvalue weighted by Gasteiger charge is -2.17. The van der Waals surface area contributed by atoms with Gasteiger partial charge < -0.3 is 20.9 Å². The number of halogens is 1. The molecule has 6 nitrogen and oxygen atoms in total. The Bertz CT molecular complexity index is 1230. The number of nitrogens with one attached hydrogen (secondary N) is 2. The van der Waals surface area contributed by atoms with E-state index in [0.717, 1.165) is 61.3 Å². The molecule has 224 valence electrons. The Balaban J connectivity index is 1.87. The van der Waals surface area contributed by atoms with E-state index in [-0.39, 0.29) is 6.04 Å². The molecule has 2 rings (SSSR count). The minimum absolute atomic E-state index is 0.0606. The number of unbranched alkanes of at least 4 members (excludes halogenated alkanes) is 2. The molecule has 4 N–H and O–H groups in total. The maximum atomic E-state index is 14.3. The van der Waals surface area contributed by atoms with E-state index >= 15 is 0 Å². The Morgan fingerprint density at radius 3 is 2.76 bits per heavy atom. The van der Waals surface area contributed by atoms with Crippen molar-refractivity contribution in [3.8, 4) is 0 Å². The van der Waals surface area contributed by atoms with E-state index in [4.69, 9.17) is 10.7 Å². The van der Waals surface area contributed by atoms with Crippen LogP contribution in [0.4, 0.5) is 10.2 Å². The highest BCUT2D eigenvalue weighted by atomic mass is 19.1. The van der Waals surface area contributed by atoms with Crippen LogP contribution in [0.2, 0.25) is 0 Å². The third-order valence-electron chi connectivity index (χ3n) is 7.18. The number of hydrogen-bond donors (Lipinski definition) is 3. The molecule has 0 radical (unpaired) electrons. The highest BCUT2D eigenvalue weighted by Crippen LogP contribution is 2.22. The predicted octanol–water partition coefficient (Wildman–Crippen LogP) is 7.71. The fraction of sp³-hybridized carbons (Fsp3) is 0.471. The smallest absolute Gasteiger partial charge is 0.149 e. The van der Waals surface area contributed by atoms with E-state index in [9.17, 15) is 4.39 Å². The molecule has 0 saturated carbocycles. The number of hydrogen-bond acceptors (Lipinski definition) is 4. The van der Waals surface area contributed by atoms with Crippen molar-refractivity contribution in [2.45, 2.75) is 91.9 Å². The quantitative estimate of drug-likeness (QED) is 0.0834. The van der Waals surface area contributed by atoms with Crippen LogP contribution in [0.15, 0.2) is 94.5 Å². The molecule has 1 atom stereocenters. The first kappa shape index (κ1) is 33.6. The van der Waals surface area contributed by atoms with Crippen LogP contribution in [-0.4, -0.2) is 40.7 Å². The van der Waals surface area contributed by atoms with Crippen LogP contribution < -0.4 is 16.4 Å². The first-order valence-electron chi connectivity index (χ1n) is 14.7. The number of aryl methyl sites for hydroxylation is 1. The van der Waals surface area contributed by atoms with Gasteiger partial charge in [-0.1, -0.05) is 67.2 Å². The van der Waals surface area contributed by atoms with Crippen LogP contribution in [0.25, 0.3) is 0 Å². The summed E-state index contributed by atoms with van der Waals surface area (Å²) in [5.41, 5.74) is 10.9. The zero-order valence-electron chi connectivity index (χ0n) is 26.2. The van der Waals surface area contributed by atoms with Gasteiger partial charge in [0.15, 0.2) is 0 Å². The molecule has 0 spiro atoms. The molecule has 0 amide bonds. The van der Waals surface area contributed by atoms with E-state index in [0.29, 0.717) is 23.6 Å². The number of rotatable bonds is 16. The van der Waals surface area contributed by atoms with Crippen molar-refractivity contribution in [2.24, 2.45) is 10.7 Å². The average molecular weight is 563 g/mol. The molecular weight excluding hydrogens is 511 g/mol. The number of aliphatic imine (C=N–C) groups is 1. The number of alkyl halides is 1. The number of nitrogens with two attached hydrogens (primary N) is 1. The SMILES string of the molecule is C=C(CCCCCn1cnc(/C(N)=N\C(C)C2=CC(C)=CCC=C2)c1NC)NCC(=C/C=C/C)/C=C(\C)C(C)(C)F. The van der Waals surface area contributed by atoms with Crippen molar-refractivity contribution < 1.29 is 4.39 Å². The second kappa shape index (κ2) is 16.6. The lowest BCUT2D eigenvalue weighted by atomic mass is 9.99. The van der Waals surface area contributed by atoms with Crippen molar-refractivity contribution in [1.29, 1.82) is 0 Å². The number of nitrogens with zero attached hydrogens (tertiary/aromatic N) is 3. The molecule has 1 aromatic heterocycles. The maximum Gasteiger partial charge on any atom is 0.149 e. The molecular formula is C34H51FN6. The molecule has 41 heavy (non-hydrogen) atoms. The molecule has 1 aliphatic rings. The largest absolute Gasteiger partial charge is 0.385 e. The average Bonchev–Trinajstić information content (AvgIpc) is 3.20. The van der Waals surface area contributed by atoms with Gasteiger partial charge in [-0.25, -0.2) is 9.37 Å². The Morgan fingerprint density at radius 1 is 1.32 bits per heavy atom. The topological polar surface area (TPSA) is 80.3 Å². The summed E-state index contributed by atoms with van der Waals surface area (Å²) in [6, 6.07) is -0.0606. The van der Waals surface area contributed by atoms with Gasteiger partial charge in [0, 0.05) is 25.8 Å². The summed E-state index contributed by atoms with van der Waals surface area (Å²) >= 11 is 0. The van der Waals surface area contributed by atoms with Crippen LogP contribution in [0.5, 0.6) is 0 Å². The zero-order chi connectivity index (χ0) is 30.4. The molecule has 0 saturated heterocycles. The van der Waals surface area contributed by atoms with E-state index in [1.54, 1.807) is 13.8 Å². The van der Waals surface area contributed by atoms with Crippen LogP contribution in [-0.2, 0) is 6.54 Å². The van der Waals surface area contributed by atoms with Crippen molar-refractivity contribution in [3.05, 3.63) is 95.2 Å². The van der Waals surface area contributed by atoms with Crippen molar-refractivity contribution in [3.63, 3.8) is 0 Å². The first-order chi connectivity index (χ1) is 19.5. The normalized spacial score (nSPS) is 16.0. The summed E-state index contributed by atoms with van der Waals surface area (Å²) in [5.74, 6) is 1.32. The van der Waals surface area contributed by atoms with Gasteiger partial charge in [-0.05, 0) is 83.9 Å². The molecule has 0 bridgehead atoms. The van der Waals surface area contributed by atoms with Crippen LogP contribution in [0, 0.1) is 0 Å². The van der Waals surface area contributed by atoms with Gasteiger partial charge in [-0.2, -0.15) is 0 Å². The van der Waals surface area contributed by atoms with Crippen molar-refractivity contribution >= 4 is 11.7 Å². The molecule has 7 heteroatoms. The summed E-state index contributed by atoms with van der Waals surface area (Å²) in [6.45, 7) is 16.8. The predicted molar refractivity (Wildman–Crippen MR) is 175 cm³/mol. The molecule has 0 aliphatic heterocycles. The lowest BCUT2D eigenvalue weighted by molar-refractivity contribution is 0.268. The molecule has 1 heterocycles. The molecule has 0 aromatic carbocycles. The highest BCUT2D eigenvalue weighted by Gasteiger charge is 2.18. The number of anilines is 1. The number of imidazole rings is 1. The third-order valence-corrected chi connectivity index (χ3v) is 7.18. The standard InChI is InChI=1S/C34H51FN6/c1-9-10-18-29(22-26(3)34(6,7)35)23-38-27(4)17-12-11-15-20-41-24-39-31(33(41)37-8)32(36)40-28(5)30-19-14-13-16-25(2)21-30/h9-10,14,16,18-19,21-22,24,28,37-38H,4,11-13,15,17,20,23H2,1-3,5-8H3,(H2,36,40)/b10-9+,26-22+,29-18+. The Hall–Kier alpha value is -3.61. The van der Waals surface area contributed by atoms with Gasteiger partial charge in [0.05, 0.1) is 12.4 Å².